The summed E-state index contributed by atoms with van der Waals surface area (Å²) in [5.41, 5.74) is 0.350. The lowest BCUT2D eigenvalue weighted by Gasteiger charge is -2.41. The Morgan fingerprint density at radius 3 is 2.51 bits per heavy atom. The van der Waals surface area contributed by atoms with Crippen molar-refractivity contribution in [1.82, 2.24) is 24.9 Å². The Bertz CT molecular complexity index is 1030. The number of nitrogens with zero attached hydrogens (tertiary/aromatic N) is 4. The van der Waals surface area contributed by atoms with E-state index in [4.69, 9.17) is 11.6 Å². The minimum absolute atomic E-state index is 0.0404. The summed E-state index contributed by atoms with van der Waals surface area (Å²) in [4.78, 5) is 46.7. The number of halogens is 2. The van der Waals surface area contributed by atoms with Crippen LogP contribution in [0.25, 0.3) is 0 Å². The van der Waals surface area contributed by atoms with Crippen LogP contribution in [-0.4, -0.2) is 101 Å². The maximum Gasteiger partial charge on any atom is 0.243 e. The van der Waals surface area contributed by atoms with Crippen LogP contribution in [-0.2, 0) is 20.9 Å². The Hall–Kier alpha value is -2.23. The molecule has 1 aromatic rings. The number of benzene rings is 1. The van der Waals surface area contributed by atoms with Gasteiger partial charge in [0.1, 0.15) is 11.9 Å². The molecular weight excluding hydrogens is 497 g/mol. The zero-order valence-electron chi connectivity index (χ0n) is 21.7. The third-order valence-corrected chi connectivity index (χ3v) is 9.35. The molecule has 3 amide bonds. The highest BCUT2D eigenvalue weighted by Crippen LogP contribution is 2.34. The van der Waals surface area contributed by atoms with Crippen LogP contribution in [0.1, 0.15) is 51.0 Å². The number of likely N-dealkylation sites (N-methyl/N-ethyl adjacent to an activating group) is 1. The van der Waals surface area contributed by atoms with Gasteiger partial charge in [-0.15, -0.1) is 0 Å². The monoisotopic (exact) mass is 533 g/mol. The van der Waals surface area contributed by atoms with Gasteiger partial charge < -0.3 is 15.1 Å². The van der Waals surface area contributed by atoms with E-state index in [2.05, 4.69) is 22.2 Å². The van der Waals surface area contributed by atoms with Gasteiger partial charge >= 0.3 is 0 Å². The number of hydrogen-bond donors (Lipinski definition) is 1. The Morgan fingerprint density at radius 2 is 1.86 bits per heavy atom. The maximum absolute atomic E-state index is 13.8. The number of carbonyl (C=O) groups excluding carboxylic acids is 3. The first kappa shape index (κ1) is 26.4. The molecule has 4 saturated heterocycles. The summed E-state index contributed by atoms with van der Waals surface area (Å²) < 4.78 is 13.8. The summed E-state index contributed by atoms with van der Waals surface area (Å²) in [6.45, 7) is 5.78. The standard InChI is InChI=1S/C27H37ClFN5O3/c1-18(35)33-9-5-20(6-10-33)31(2)21-14-24-26(37)30-27(15-25(36)34(24)17-21)7-11-32(12-8-27)16-19-3-4-22(28)23(29)13-19/h3-4,13,20-21,24H,5-12,14-17H2,1-2H3,(H,30,37)/t21-,24-/m0/s1. The molecule has 1 spiro atoms. The van der Waals surface area contributed by atoms with Crippen LogP contribution in [0.5, 0.6) is 0 Å². The van der Waals surface area contributed by atoms with E-state index in [1.165, 1.54) is 6.07 Å². The third kappa shape index (κ3) is 5.49. The molecule has 1 N–H and O–H groups in total. The van der Waals surface area contributed by atoms with Gasteiger partial charge in [-0.2, -0.15) is 0 Å². The molecule has 4 aliphatic heterocycles. The highest BCUT2D eigenvalue weighted by atomic mass is 35.5. The number of rotatable bonds is 4. The highest BCUT2D eigenvalue weighted by molar-refractivity contribution is 6.30. The van der Waals surface area contributed by atoms with Crippen LogP contribution >= 0.6 is 11.6 Å². The molecule has 2 atom stereocenters. The Morgan fingerprint density at radius 1 is 1.16 bits per heavy atom. The van der Waals surface area contributed by atoms with E-state index in [1.807, 2.05) is 11.0 Å². The van der Waals surface area contributed by atoms with Gasteiger partial charge in [-0.1, -0.05) is 17.7 Å². The summed E-state index contributed by atoms with van der Waals surface area (Å²) >= 11 is 5.80. The molecule has 1 aromatic carbocycles. The third-order valence-electron chi connectivity index (χ3n) is 9.05. The lowest BCUT2D eigenvalue weighted by Crippen LogP contribution is -2.56. The zero-order valence-corrected chi connectivity index (χ0v) is 22.5. The van der Waals surface area contributed by atoms with Gasteiger partial charge in [0, 0.05) is 58.3 Å². The largest absolute Gasteiger partial charge is 0.348 e. The van der Waals surface area contributed by atoms with Gasteiger partial charge in [0.05, 0.1) is 17.0 Å². The van der Waals surface area contributed by atoms with Crippen molar-refractivity contribution in [1.29, 1.82) is 0 Å². The smallest absolute Gasteiger partial charge is 0.243 e. The molecule has 0 aliphatic carbocycles. The van der Waals surface area contributed by atoms with E-state index in [0.717, 1.165) is 44.6 Å². The van der Waals surface area contributed by atoms with E-state index in [0.29, 0.717) is 44.8 Å². The number of nitrogens with one attached hydrogen (secondary N) is 1. The van der Waals surface area contributed by atoms with Crippen molar-refractivity contribution < 1.29 is 18.8 Å². The Balaban J connectivity index is 1.17. The van der Waals surface area contributed by atoms with E-state index in [-0.39, 0.29) is 28.8 Å². The van der Waals surface area contributed by atoms with Crippen molar-refractivity contribution in [2.24, 2.45) is 0 Å². The van der Waals surface area contributed by atoms with Gasteiger partial charge in [0.25, 0.3) is 0 Å². The second-order valence-electron chi connectivity index (χ2n) is 11.3. The second kappa shape index (κ2) is 10.5. The van der Waals surface area contributed by atoms with Crippen molar-refractivity contribution in [3.8, 4) is 0 Å². The van der Waals surface area contributed by atoms with E-state index >= 15 is 0 Å². The predicted octanol–water partition coefficient (Wildman–Crippen LogP) is 2.25. The lowest BCUT2D eigenvalue weighted by atomic mass is 9.84. The molecule has 5 rings (SSSR count). The van der Waals surface area contributed by atoms with Crippen molar-refractivity contribution in [2.75, 3.05) is 39.8 Å². The van der Waals surface area contributed by atoms with Gasteiger partial charge in [0.15, 0.2) is 0 Å². The van der Waals surface area contributed by atoms with Gasteiger partial charge in [-0.3, -0.25) is 24.2 Å². The molecule has 0 bridgehead atoms. The quantitative estimate of drug-likeness (QED) is 0.642. The van der Waals surface area contributed by atoms with Crippen LogP contribution in [0, 0.1) is 5.82 Å². The van der Waals surface area contributed by atoms with Crippen molar-refractivity contribution in [3.63, 3.8) is 0 Å². The first-order valence-electron chi connectivity index (χ1n) is 13.4. The summed E-state index contributed by atoms with van der Waals surface area (Å²) in [7, 11) is 2.09. The molecule has 4 heterocycles. The fourth-order valence-electron chi connectivity index (χ4n) is 6.64. The summed E-state index contributed by atoms with van der Waals surface area (Å²) in [5.74, 6) is -0.281. The van der Waals surface area contributed by atoms with E-state index in [9.17, 15) is 18.8 Å². The fourth-order valence-corrected chi connectivity index (χ4v) is 6.75. The number of carbonyl (C=O) groups is 3. The number of piperidine rings is 2. The molecule has 37 heavy (non-hydrogen) atoms. The molecule has 10 heteroatoms. The first-order valence-corrected chi connectivity index (χ1v) is 13.8. The average molecular weight is 534 g/mol. The minimum atomic E-state index is -0.513. The molecule has 202 valence electrons. The highest BCUT2D eigenvalue weighted by Gasteiger charge is 2.50. The predicted molar refractivity (Wildman–Crippen MR) is 138 cm³/mol. The topological polar surface area (TPSA) is 76.2 Å². The summed E-state index contributed by atoms with van der Waals surface area (Å²) in [6, 6.07) is 4.96. The van der Waals surface area contributed by atoms with Crippen LogP contribution in [0.15, 0.2) is 18.2 Å². The Kier molecular flexibility index (Phi) is 7.49. The average Bonchev–Trinajstić information content (AvgIpc) is 3.30. The SMILES string of the molecule is CC(=O)N1CCC(N(C)[C@H]2C[C@H]3C(=O)NC4(CCN(Cc5ccc(Cl)c(F)c5)CC4)CC(=O)N3C2)CC1. The molecule has 0 saturated carbocycles. The van der Waals surface area contributed by atoms with Crippen LogP contribution in [0.3, 0.4) is 0 Å². The molecule has 4 aliphatic rings. The van der Waals surface area contributed by atoms with Crippen LogP contribution in [0.2, 0.25) is 5.02 Å². The number of hydrogen-bond acceptors (Lipinski definition) is 5. The van der Waals surface area contributed by atoms with Crippen molar-refractivity contribution in [3.05, 3.63) is 34.6 Å². The van der Waals surface area contributed by atoms with Gasteiger partial charge in [-0.05, 0) is 56.8 Å². The minimum Gasteiger partial charge on any atom is -0.348 e. The van der Waals surface area contributed by atoms with Gasteiger partial charge in [-0.25, -0.2) is 4.39 Å². The summed E-state index contributed by atoms with van der Waals surface area (Å²) in [5, 5.41) is 3.41. The zero-order chi connectivity index (χ0) is 26.3. The molecule has 0 radical (unpaired) electrons. The number of fused-ring (bicyclic) bond motifs is 1. The normalized spacial score (nSPS) is 26.9. The van der Waals surface area contributed by atoms with Crippen molar-refractivity contribution >= 4 is 29.3 Å². The van der Waals surface area contributed by atoms with Crippen LogP contribution < -0.4 is 5.32 Å². The number of likely N-dealkylation sites (tertiary alicyclic amines) is 2. The lowest BCUT2D eigenvalue weighted by molar-refractivity contribution is -0.136. The van der Waals surface area contributed by atoms with Crippen LogP contribution in [0.4, 0.5) is 4.39 Å². The number of amides is 3. The van der Waals surface area contributed by atoms with Crippen molar-refractivity contribution in [2.45, 2.75) is 75.7 Å². The molecule has 0 aromatic heterocycles. The molecule has 0 unspecified atom stereocenters. The molecule has 8 nitrogen and oxygen atoms in total. The maximum atomic E-state index is 13.8. The molecule has 4 fully saturated rings. The van der Waals surface area contributed by atoms with Gasteiger partial charge in [0.2, 0.25) is 17.7 Å². The fraction of sp³-hybridized carbons (Fsp3) is 0.667. The first-order chi connectivity index (χ1) is 17.6. The Labute approximate surface area is 223 Å². The summed E-state index contributed by atoms with van der Waals surface area (Å²) in [6.07, 6.45) is 4.19. The van der Waals surface area contributed by atoms with E-state index in [1.54, 1.807) is 17.9 Å². The molecular formula is C27H37ClFN5O3. The second-order valence-corrected chi connectivity index (χ2v) is 11.7. The van der Waals surface area contributed by atoms with E-state index < -0.39 is 17.4 Å².